The van der Waals surface area contributed by atoms with Crippen LogP contribution in [0.5, 0.6) is 11.8 Å². The average Bonchev–Trinajstić information content (AvgIpc) is 3.62. The number of rotatable bonds is 4. The third-order valence-electron chi connectivity index (χ3n) is 5.61. The summed E-state index contributed by atoms with van der Waals surface area (Å²) in [4.78, 5) is 13.3. The second kappa shape index (κ2) is 7.17. The van der Waals surface area contributed by atoms with E-state index < -0.39 is 0 Å². The number of nitrogens with zero attached hydrogens (tertiary/aromatic N) is 3. The summed E-state index contributed by atoms with van der Waals surface area (Å²) in [5.41, 5.74) is 5.61. The molecule has 11 nitrogen and oxygen atoms in total. The van der Waals surface area contributed by atoms with Crippen molar-refractivity contribution in [3.63, 3.8) is 0 Å². The van der Waals surface area contributed by atoms with Gasteiger partial charge in [0.05, 0.1) is 39.9 Å². The molecule has 0 aliphatic carbocycles. The largest absolute Gasteiger partial charge is 0.492 e. The first-order valence-electron chi connectivity index (χ1n) is 10.1. The van der Waals surface area contributed by atoms with Crippen LogP contribution < -0.4 is 5.32 Å². The van der Waals surface area contributed by atoms with Crippen molar-refractivity contribution < 1.29 is 19.3 Å². The van der Waals surface area contributed by atoms with Gasteiger partial charge in [0.1, 0.15) is 11.4 Å². The molecule has 5 aromatic rings. The molecule has 0 atom stereocenters. The zero-order valence-corrected chi connectivity index (χ0v) is 17.5. The van der Waals surface area contributed by atoms with Crippen molar-refractivity contribution in [2.24, 2.45) is 4.99 Å². The van der Waals surface area contributed by atoms with Crippen LogP contribution in [-0.4, -0.2) is 41.8 Å². The van der Waals surface area contributed by atoms with Crippen molar-refractivity contribution in [1.29, 1.82) is 0 Å². The van der Waals surface area contributed by atoms with E-state index in [1.807, 2.05) is 12.4 Å². The van der Waals surface area contributed by atoms with E-state index in [9.17, 15) is 10.2 Å². The first-order chi connectivity index (χ1) is 16.6. The molecule has 0 fully saturated rings. The second-order valence-electron chi connectivity index (χ2n) is 7.50. The molecule has 0 bridgehead atoms. The van der Waals surface area contributed by atoms with Gasteiger partial charge in [-0.2, -0.15) is 0 Å². The summed E-state index contributed by atoms with van der Waals surface area (Å²) in [6.45, 7) is 7.53. The van der Waals surface area contributed by atoms with Gasteiger partial charge in [0.25, 0.3) is 0 Å². The Morgan fingerprint density at radius 2 is 1.41 bits per heavy atom. The summed E-state index contributed by atoms with van der Waals surface area (Å²) in [6.07, 6.45) is 11.9. The van der Waals surface area contributed by atoms with Gasteiger partial charge in [0, 0.05) is 23.5 Å². The molecule has 0 unspecified atom stereocenters. The van der Waals surface area contributed by atoms with Crippen molar-refractivity contribution in [2.45, 2.75) is 0 Å². The fourth-order valence-electron chi connectivity index (χ4n) is 4.06. The quantitative estimate of drug-likeness (QED) is 0.235. The summed E-state index contributed by atoms with van der Waals surface area (Å²) in [5, 5.41) is 32.6. The molecule has 6 rings (SSSR count). The van der Waals surface area contributed by atoms with Crippen LogP contribution in [0, 0.1) is 0 Å². The molecule has 0 saturated carbocycles. The number of nitrogens with one attached hydrogen (secondary N) is 4. The van der Waals surface area contributed by atoms with Gasteiger partial charge in [0.2, 0.25) is 22.9 Å². The summed E-state index contributed by atoms with van der Waals surface area (Å²) in [5.74, 6) is -0.229. The number of aromatic hydroxyl groups is 2. The molecule has 0 amide bonds. The van der Waals surface area contributed by atoms with E-state index >= 15 is 0 Å². The van der Waals surface area contributed by atoms with Gasteiger partial charge in [-0.25, -0.2) is 4.99 Å². The minimum Gasteiger partial charge on any atom is -0.492 e. The lowest BCUT2D eigenvalue weighted by Gasteiger charge is -2.04. The number of hydrogen-bond acceptors (Lipinski definition) is 8. The highest BCUT2D eigenvalue weighted by atomic mass is 16.5. The Morgan fingerprint density at radius 1 is 0.824 bits per heavy atom. The maximum atomic E-state index is 10.0. The number of hydrogen-bond donors (Lipinski definition) is 6. The van der Waals surface area contributed by atoms with E-state index in [0.717, 1.165) is 11.1 Å². The highest BCUT2D eigenvalue weighted by Gasteiger charge is 2.22. The molecule has 168 valence electrons. The molecule has 5 aromatic heterocycles. The first kappa shape index (κ1) is 19.5. The molecule has 34 heavy (non-hydrogen) atoms. The normalized spacial score (nSPS) is 15.8. The standard InChI is InChI=1S/C23H17N7O4/c1-3-12-18-16(29-33-20(18)22(31)27-12)5-14-10-7-24-8-11(10)15(26-9-25-14)6-17-19-13(4-2)28-23(32)21(19)34-30-17/h3-9,24,27-28,31-32H,1-2H2,(H,25,26)/b14-5-,15-6-. The Bertz CT molecular complexity index is 1700. The van der Waals surface area contributed by atoms with Gasteiger partial charge < -0.3 is 39.5 Å². The van der Waals surface area contributed by atoms with E-state index in [1.165, 1.54) is 0 Å². The van der Waals surface area contributed by atoms with Crippen molar-refractivity contribution >= 4 is 64.0 Å². The molecule has 11 heteroatoms. The van der Waals surface area contributed by atoms with Crippen molar-refractivity contribution in [2.75, 3.05) is 0 Å². The Labute approximate surface area is 190 Å². The minimum atomic E-state index is -0.116. The predicted octanol–water partition coefficient (Wildman–Crippen LogP) is 4.28. The Morgan fingerprint density at radius 3 is 2.03 bits per heavy atom. The van der Waals surface area contributed by atoms with Gasteiger partial charge in [0.15, 0.2) is 0 Å². The van der Waals surface area contributed by atoms with Gasteiger partial charge in [-0.1, -0.05) is 23.5 Å². The molecular weight excluding hydrogens is 438 g/mol. The van der Waals surface area contributed by atoms with Crippen molar-refractivity contribution in [3.8, 4) is 11.8 Å². The third-order valence-corrected chi connectivity index (χ3v) is 5.61. The minimum absolute atomic E-state index is 0.112. The summed E-state index contributed by atoms with van der Waals surface area (Å²) >= 11 is 0. The average molecular weight is 455 g/mol. The monoisotopic (exact) mass is 455 g/mol. The third kappa shape index (κ3) is 2.73. The zero-order valence-electron chi connectivity index (χ0n) is 17.5. The molecule has 6 heterocycles. The van der Waals surface area contributed by atoms with Crippen LogP contribution in [0.25, 0.3) is 57.6 Å². The Balaban J connectivity index is 1.48. The summed E-state index contributed by atoms with van der Waals surface area (Å²) in [7, 11) is 0. The van der Waals surface area contributed by atoms with Gasteiger partial charge in [-0.3, -0.25) is 0 Å². The van der Waals surface area contributed by atoms with Crippen LogP contribution in [0.2, 0.25) is 0 Å². The number of aromatic amines is 3. The Hall–Kier alpha value is -5.19. The molecule has 6 N–H and O–H groups in total. The van der Waals surface area contributed by atoms with Crippen LogP contribution in [0.1, 0.15) is 33.9 Å². The van der Waals surface area contributed by atoms with E-state index in [4.69, 9.17) is 9.05 Å². The maximum Gasteiger partial charge on any atom is 0.236 e. The van der Waals surface area contributed by atoms with E-state index in [-0.39, 0.29) is 22.9 Å². The van der Waals surface area contributed by atoms with E-state index in [2.05, 4.69) is 48.7 Å². The lowest BCUT2D eigenvalue weighted by atomic mass is 10.1. The summed E-state index contributed by atoms with van der Waals surface area (Å²) < 4.78 is 10.6. The van der Waals surface area contributed by atoms with Crippen LogP contribution in [0.3, 0.4) is 0 Å². The topological polar surface area (TPSA) is 164 Å². The molecule has 0 saturated heterocycles. The second-order valence-corrected chi connectivity index (χ2v) is 7.50. The fourth-order valence-corrected chi connectivity index (χ4v) is 4.06. The SMILES string of the molecule is C=Cc1[nH]c(O)c2onc(/C=C3\N=CN/C(=C\c4noc5c(O)[nH]c(C=C)c45)c4c[nH]cc43)c12. The molecule has 0 spiro atoms. The zero-order chi connectivity index (χ0) is 23.4. The number of H-pyrrole nitrogens is 3. The van der Waals surface area contributed by atoms with Crippen LogP contribution in [-0.2, 0) is 0 Å². The van der Waals surface area contributed by atoms with Crippen LogP contribution >= 0.6 is 0 Å². The summed E-state index contributed by atoms with van der Waals surface area (Å²) in [6, 6.07) is 0. The maximum absolute atomic E-state index is 10.0. The van der Waals surface area contributed by atoms with Gasteiger partial charge in [-0.15, -0.1) is 0 Å². The van der Waals surface area contributed by atoms with Gasteiger partial charge in [-0.05, 0) is 24.3 Å². The van der Waals surface area contributed by atoms with Gasteiger partial charge >= 0.3 is 0 Å². The Kier molecular flexibility index (Phi) is 4.11. The smallest absolute Gasteiger partial charge is 0.236 e. The number of aromatic nitrogens is 5. The molecule has 1 aliphatic heterocycles. The molecule has 0 radical (unpaired) electrons. The van der Waals surface area contributed by atoms with Crippen LogP contribution in [0.4, 0.5) is 0 Å². The van der Waals surface area contributed by atoms with Crippen molar-refractivity contribution in [1.82, 2.24) is 30.6 Å². The lowest BCUT2D eigenvalue weighted by molar-refractivity contribution is 0.412. The molecular formula is C23H17N7O4. The first-order valence-corrected chi connectivity index (χ1v) is 10.1. The van der Waals surface area contributed by atoms with Crippen LogP contribution in [0.15, 0.2) is 39.6 Å². The van der Waals surface area contributed by atoms with E-state index in [1.54, 1.807) is 30.6 Å². The lowest BCUT2D eigenvalue weighted by Crippen LogP contribution is -2.07. The highest BCUT2D eigenvalue weighted by molar-refractivity contribution is 6.04. The fraction of sp³-hybridized carbons (Fsp3) is 0. The molecule has 0 aromatic carbocycles. The number of fused-ring (bicyclic) bond motifs is 3. The highest BCUT2D eigenvalue weighted by Crippen LogP contribution is 2.36. The van der Waals surface area contributed by atoms with E-state index in [0.29, 0.717) is 44.9 Å². The van der Waals surface area contributed by atoms with Crippen molar-refractivity contribution in [3.05, 3.63) is 59.5 Å². The number of aliphatic imine (C=N–C) groups is 1. The molecule has 1 aliphatic rings. The predicted molar refractivity (Wildman–Crippen MR) is 128 cm³/mol.